The lowest BCUT2D eigenvalue weighted by molar-refractivity contribution is 0.439. The molecule has 4 nitrogen and oxygen atoms in total. The molecule has 0 radical (unpaired) electrons. The lowest BCUT2D eigenvalue weighted by Crippen LogP contribution is -2.13. The van der Waals surface area contributed by atoms with Crippen molar-refractivity contribution in [3.8, 4) is 0 Å². The van der Waals surface area contributed by atoms with E-state index in [0.717, 1.165) is 30.0 Å². The quantitative estimate of drug-likeness (QED) is 0.772. The van der Waals surface area contributed by atoms with Gasteiger partial charge < -0.3 is 9.73 Å². The van der Waals surface area contributed by atoms with Crippen LogP contribution in [0.2, 0.25) is 0 Å². The van der Waals surface area contributed by atoms with E-state index in [2.05, 4.69) is 40.4 Å². The lowest BCUT2D eigenvalue weighted by Gasteiger charge is -2.06. The third-order valence-electron chi connectivity index (χ3n) is 3.31. The van der Waals surface area contributed by atoms with Gasteiger partial charge in [0.05, 0.1) is 12.7 Å². The normalized spacial score (nSPS) is 11.1. The molecule has 0 aliphatic rings. The maximum atomic E-state index is 5.57. The Labute approximate surface area is 117 Å². The van der Waals surface area contributed by atoms with Gasteiger partial charge in [-0.1, -0.05) is 25.1 Å². The van der Waals surface area contributed by atoms with Crippen LogP contribution in [0.25, 0.3) is 10.8 Å². The Kier molecular flexibility index (Phi) is 3.74. The molecule has 0 atom stereocenters. The highest BCUT2D eigenvalue weighted by Crippen LogP contribution is 2.17. The van der Waals surface area contributed by atoms with Gasteiger partial charge in [0.15, 0.2) is 0 Å². The molecule has 0 aliphatic carbocycles. The molecule has 4 heteroatoms. The van der Waals surface area contributed by atoms with Gasteiger partial charge >= 0.3 is 0 Å². The summed E-state index contributed by atoms with van der Waals surface area (Å²) in [6.45, 7) is 3.48. The molecule has 1 aromatic carbocycles. The fourth-order valence-electron chi connectivity index (χ4n) is 2.24. The van der Waals surface area contributed by atoms with Crippen LogP contribution >= 0.6 is 0 Å². The summed E-state index contributed by atoms with van der Waals surface area (Å²) in [5.41, 5.74) is 1.26. The van der Waals surface area contributed by atoms with E-state index in [1.165, 1.54) is 10.9 Å². The molecule has 0 spiro atoms. The number of nitrogens with zero attached hydrogens (tertiary/aromatic N) is 2. The van der Waals surface area contributed by atoms with Crippen LogP contribution < -0.4 is 5.32 Å². The molecule has 0 amide bonds. The first-order chi connectivity index (χ1) is 9.86. The van der Waals surface area contributed by atoms with E-state index < -0.39 is 0 Å². The summed E-state index contributed by atoms with van der Waals surface area (Å²) in [4.78, 5) is 8.39. The van der Waals surface area contributed by atoms with Gasteiger partial charge in [-0.3, -0.25) is 4.98 Å². The van der Waals surface area contributed by atoms with E-state index in [0.29, 0.717) is 6.54 Å². The molecule has 102 valence electrons. The smallest absolute Gasteiger partial charge is 0.208 e. The zero-order valence-corrected chi connectivity index (χ0v) is 11.5. The van der Waals surface area contributed by atoms with E-state index in [-0.39, 0.29) is 0 Å². The Hall–Kier alpha value is -2.20. The van der Waals surface area contributed by atoms with Gasteiger partial charge in [0.1, 0.15) is 5.76 Å². The Bertz CT molecular complexity index is 700. The molecule has 3 rings (SSSR count). The van der Waals surface area contributed by atoms with Gasteiger partial charge in [0, 0.05) is 30.7 Å². The summed E-state index contributed by atoms with van der Waals surface area (Å²) in [5, 5.41) is 5.77. The predicted molar refractivity (Wildman–Crippen MR) is 78.2 cm³/mol. The van der Waals surface area contributed by atoms with E-state index in [1.54, 1.807) is 6.20 Å². The topological polar surface area (TPSA) is 51.0 Å². The van der Waals surface area contributed by atoms with Crippen LogP contribution in [0.5, 0.6) is 0 Å². The summed E-state index contributed by atoms with van der Waals surface area (Å²) >= 11 is 0. The van der Waals surface area contributed by atoms with E-state index in [4.69, 9.17) is 4.42 Å². The van der Waals surface area contributed by atoms with Crippen molar-refractivity contribution in [1.82, 2.24) is 15.3 Å². The van der Waals surface area contributed by atoms with E-state index in [1.807, 2.05) is 18.5 Å². The van der Waals surface area contributed by atoms with Crippen molar-refractivity contribution in [2.45, 2.75) is 26.4 Å². The van der Waals surface area contributed by atoms with Crippen molar-refractivity contribution in [3.05, 3.63) is 60.1 Å². The zero-order valence-electron chi connectivity index (χ0n) is 11.5. The van der Waals surface area contributed by atoms with Gasteiger partial charge in [0.2, 0.25) is 5.89 Å². The second-order valence-electron chi connectivity index (χ2n) is 4.69. The molecular weight excluding hydrogens is 250 g/mol. The first-order valence-corrected chi connectivity index (χ1v) is 6.82. The number of rotatable bonds is 5. The first kappa shape index (κ1) is 12.8. The number of benzene rings is 1. The van der Waals surface area contributed by atoms with Crippen molar-refractivity contribution < 1.29 is 4.42 Å². The molecule has 0 aliphatic heterocycles. The minimum atomic E-state index is 0.640. The van der Waals surface area contributed by atoms with Crippen LogP contribution in [0.3, 0.4) is 0 Å². The third-order valence-corrected chi connectivity index (χ3v) is 3.31. The first-order valence-electron chi connectivity index (χ1n) is 6.82. The Morgan fingerprint density at radius 2 is 2.10 bits per heavy atom. The largest absolute Gasteiger partial charge is 0.444 e. The molecule has 3 aromatic rings. The fourth-order valence-corrected chi connectivity index (χ4v) is 2.24. The van der Waals surface area contributed by atoms with Crippen molar-refractivity contribution in [1.29, 1.82) is 0 Å². The molecular formula is C16H17N3O. The minimum absolute atomic E-state index is 0.640. The number of hydrogen-bond donors (Lipinski definition) is 1. The third kappa shape index (κ3) is 2.70. The van der Waals surface area contributed by atoms with Crippen molar-refractivity contribution in [3.63, 3.8) is 0 Å². The molecule has 0 unspecified atom stereocenters. The van der Waals surface area contributed by atoms with Crippen molar-refractivity contribution in [2.24, 2.45) is 0 Å². The van der Waals surface area contributed by atoms with Gasteiger partial charge in [-0.25, -0.2) is 4.98 Å². The number of fused-ring (bicyclic) bond motifs is 1. The van der Waals surface area contributed by atoms with Gasteiger partial charge in [0.25, 0.3) is 0 Å². The molecule has 20 heavy (non-hydrogen) atoms. The lowest BCUT2D eigenvalue weighted by atomic mass is 10.1. The molecule has 0 fully saturated rings. The minimum Gasteiger partial charge on any atom is -0.444 e. The number of pyridine rings is 1. The van der Waals surface area contributed by atoms with Crippen LogP contribution in [-0.4, -0.2) is 9.97 Å². The highest BCUT2D eigenvalue weighted by molar-refractivity contribution is 5.84. The molecule has 0 saturated carbocycles. The second kappa shape index (κ2) is 5.84. The molecule has 2 heterocycles. The highest BCUT2D eigenvalue weighted by atomic mass is 16.4. The van der Waals surface area contributed by atoms with Crippen LogP contribution in [0.4, 0.5) is 0 Å². The standard InChI is InChI=1S/C16H17N3O/c1-2-14-10-19-16(20-14)11-18-9-13-5-3-4-12-8-17-7-6-15(12)13/h3-8,10,18H,2,9,11H2,1H3. The average molecular weight is 267 g/mol. The number of nitrogens with one attached hydrogen (secondary N) is 1. The summed E-state index contributed by atoms with van der Waals surface area (Å²) in [7, 11) is 0. The maximum Gasteiger partial charge on any atom is 0.208 e. The number of hydrogen-bond acceptors (Lipinski definition) is 4. The molecule has 0 saturated heterocycles. The molecule has 0 bridgehead atoms. The summed E-state index contributed by atoms with van der Waals surface area (Å²) in [6, 6.07) is 8.31. The maximum absolute atomic E-state index is 5.57. The SMILES string of the molecule is CCc1cnc(CNCc2cccc3cnccc23)o1. The monoisotopic (exact) mass is 267 g/mol. The van der Waals surface area contributed by atoms with Gasteiger partial charge in [-0.2, -0.15) is 0 Å². The zero-order chi connectivity index (χ0) is 13.8. The van der Waals surface area contributed by atoms with Gasteiger partial charge in [-0.05, 0) is 17.0 Å². The molecule has 1 N–H and O–H groups in total. The van der Waals surface area contributed by atoms with Crippen LogP contribution in [0.1, 0.15) is 24.1 Å². The summed E-state index contributed by atoms with van der Waals surface area (Å²) < 4.78 is 5.57. The Morgan fingerprint density at radius 3 is 2.95 bits per heavy atom. The van der Waals surface area contributed by atoms with E-state index in [9.17, 15) is 0 Å². The Balaban J connectivity index is 1.68. The summed E-state index contributed by atoms with van der Waals surface area (Å²) in [6.07, 6.45) is 6.39. The highest BCUT2D eigenvalue weighted by Gasteiger charge is 2.03. The molecule has 2 aromatic heterocycles. The van der Waals surface area contributed by atoms with Crippen LogP contribution in [-0.2, 0) is 19.5 Å². The second-order valence-corrected chi connectivity index (χ2v) is 4.69. The number of oxazole rings is 1. The average Bonchev–Trinajstić information content (AvgIpc) is 2.95. The predicted octanol–water partition coefficient (Wildman–Crippen LogP) is 3.08. The van der Waals surface area contributed by atoms with Gasteiger partial charge in [-0.15, -0.1) is 0 Å². The summed E-state index contributed by atoms with van der Waals surface area (Å²) in [5.74, 6) is 1.67. The van der Waals surface area contributed by atoms with Crippen LogP contribution in [0, 0.1) is 0 Å². The van der Waals surface area contributed by atoms with Crippen molar-refractivity contribution >= 4 is 10.8 Å². The number of aromatic nitrogens is 2. The Morgan fingerprint density at radius 1 is 1.15 bits per heavy atom. The fraction of sp³-hybridized carbons (Fsp3) is 0.250. The van der Waals surface area contributed by atoms with Crippen LogP contribution in [0.15, 0.2) is 47.3 Å². The van der Waals surface area contributed by atoms with E-state index >= 15 is 0 Å². The van der Waals surface area contributed by atoms with Crippen molar-refractivity contribution in [2.75, 3.05) is 0 Å². The number of aryl methyl sites for hydroxylation is 1.